The fourth-order valence-corrected chi connectivity index (χ4v) is 2.72. The lowest BCUT2D eigenvalue weighted by Crippen LogP contribution is -2.38. The third-order valence-electron chi connectivity index (χ3n) is 3.93. The van der Waals surface area contributed by atoms with Gasteiger partial charge in [-0.2, -0.15) is 5.10 Å². The summed E-state index contributed by atoms with van der Waals surface area (Å²) in [5, 5.41) is 7.34. The van der Waals surface area contributed by atoms with Gasteiger partial charge in [0, 0.05) is 27.2 Å². The fourth-order valence-electron chi connectivity index (χ4n) is 2.72. The molecule has 3 rings (SSSR count). The quantitative estimate of drug-likeness (QED) is 0.919. The number of carbonyl (C=O) groups excluding carboxylic acids is 2. The predicted octanol–water partition coefficient (Wildman–Crippen LogP) is 1.29. The maximum absolute atomic E-state index is 12.2. The molecule has 24 heavy (non-hydrogen) atoms. The van der Waals surface area contributed by atoms with Crippen molar-refractivity contribution in [2.75, 3.05) is 20.6 Å². The van der Waals surface area contributed by atoms with E-state index in [1.165, 1.54) is 12.5 Å². The van der Waals surface area contributed by atoms with E-state index in [0.29, 0.717) is 25.2 Å². The number of hydrogen-bond donors (Lipinski definition) is 1. The van der Waals surface area contributed by atoms with Crippen LogP contribution in [0.2, 0.25) is 0 Å². The van der Waals surface area contributed by atoms with Crippen LogP contribution in [0.5, 0.6) is 0 Å². The summed E-state index contributed by atoms with van der Waals surface area (Å²) in [6.07, 6.45) is 3.72. The van der Waals surface area contributed by atoms with Crippen LogP contribution < -0.4 is 5.32 Å². The van der Waals surface area contributed by atoms with Gasteiger partial charge in [0.1, 0.15) is 6.26 Å². The van der Waals surface area contributed by atoms with E-state index in [4.69, 9.17) is 4.42 Å². The zero-order chi connectivity index (χ0) is 17.1. The van der Waals surface area contributed by atoms with Gasteiger partial charge < -0.3 is 19.5 Å². The maximum Gasteiger partial charge on any atom is 0.319 e. The standard InChI is InChI=1S/C16H21N5O3/c1-19(2)16(23)20-5-3-6-21-14(10-20)8-13(18-21)9-17-15(22)12-4-7-24-11-12/h4,7-8,11H,3,5-6,9-10H2,1-2H3,(H,17,22). The lowest BCUT2D eigenvalue weighted by Gasteiger charge is -2.23. The molecule has 0 saturated carbocycles. The first-order valence-corrected chi connectivity index (χ1v) is 7.87. The number of amides is 3. The molecule has 0 atom stereocenters. The number of aryl methyl sites for hydroxylation is 1. The molecular weight excluding hydrogens is 310 g/mol. The molecule has 128 valence electrons. The van der Waals surface area contributed by atoms with Crippen molar-refractivity contribution in [3.63, 3.8) is 0 Å². The lowest BCUT2D eigenvalue weighted by atomic mass is 10.3. The Kier molecular flexibility index (Phi) is 4.54. The highest BCUT2D eigenvalue weighted by molar-refractivity contribution is 5.93. The van der Waals surface area contributed by atoms with Crippen molar-refractivity contribution in [2.45, 2.75) is 26.1 Å². The third-order valence-corrected chi connectivity index (χ3v) is 3.93. The second-order valence-corrected chi connectivity index (χ2v) is 6.00. The summed E-state index contributed by atoms with van der Waals surface area (Å²) in [6.45, 7) is 2.35. The summed E-state index contributed by atoms with van der Waals surface area (Å²) in [5.74, 6) is -0.198. The summed E-state index contributed by atoms with van der Waals surface area (Å²) in [5.41, 5.74) is 2.25. The van der Waals surface area contributed by atoms with Gasteiger partial charge in [-0.1, -0.05) is 0 Å². The average molecular weight is 331 g/mol. The zero-order valence-electron chi connectivity index (χ0n) is 13.9. The van der Waals surface area contributed by atoms with Crippen LogP contribution in [0.25, 0.3) is 0 Å². The van der Waals surface area contributed by atoms with E-state index in [9.17, 15) is 9.59 Å². The molecule has 0 aromatic carbocycles. The fraction of sp³-hybridized carbons (Fsp3) is 0.438. The van der Waals surface area contributed by atoms with Crippen LogP contribution in [0.1, 0.15) is 28.2 Å². The van der Waals surface area contributed by atoms with E-state index in [1.807, 2.05) is 15.6 Å². The topological polar surface area (TPSA) is 83.6 Å². The Morgan fingerprint density at radius 3 is 2.92 bits per heavy atom. The smallest absolute Gasteiger partial charge is 0.319 e. The van der Waals surface area contributed by atoms with Gasteiger partial charge in [0.05, 0.1) is 36.3 Å². The van der Waals surface area contributed by atoms with E-state index in [2.05, 4.69) is 10.4 Å². The van der Waals surface area contributed by atoms with Crippen molar-refractivity contribution >= 4 is 11.9 Å². The Labute approximate surface area is 140 Å². The number of urea groups is 1. The first-order valence-electron chi connectivity index (χ1n) is 7.87. The van der Waals surface area contributed by atoms with Gasteiger partial charge in [-0.05, 0) is 18.6 Å². The SMILES string of the molecule is CN(C)C(=O)N1CCCn2nc(CNC(=O)c3ccoc3)cc2C1. The molecule has 2 aromatic rings. The molecule has 1 aliphatic heterocycles. The minimum Gasteiger partial charge on any atom is -0.472 e. The molecule has 1 N–H and O–H groups in total. The van der Waals surface area contributed by atoms with Crippen LogP contribution in [0, 0.1) is 0 Å². The molecule has 0 aliphatic carbocycles. The van der Waals surface area contributed by atoms with Crippen LogP contribution in [-0.2, 0) is 19.6 Å². The second kappa shape index (κ2) is 6.77. The number of nitrogens with zero attached hydrogens (tertiary/aromatic N) is 4. The number of carbonyl (C=O) groups is 2. The van der Waals surface area contributed by atoms with Crippen LogP contribution >= 0.6 is 0 Å². The summed E-state index contributed by atoms with van der Waals surface area (Å²) >= 11 is 0. The molecule has 8 heteroatoms. The molecule has 2 aromatic heterocycles. The van der Waals surface area contributed by atoms with Crippen molar-refractivity contribution < 1.29 is 14.0 Å². The number of fused-ring (bicyclic) bond motifs is 1. The van der Waals surface area contributed by atoms with Crippen molar-refractivity contribution in [3.05, 3.63) is 41.6 Å². The van der Waals surface area contributed by atoms with E-state index in [-0.39, 0.29) is 11.9 Å². The highest BCUT2D eigenvalue weighted by atomic mass is 16.3. The van der Waals surface area contributed by atoms with E-state index < -0.39 is 0 Å². The summed E-state index contributed by atoms with van der Waals surface area (Å²) in [7, 11) is 3.50. The summed E-state index contributed by atoms with van der Waals surface area (Å²) < 4.78 is 6.82. The van der Waals surface area contributed by atoms with Gasteiger partial charge in [-0.3, -0.25) is 9.48 Å². The molecule has 8 nitrogen and oxygen atoms in total. The van der Waals surface area contributed by atoms with Crippen molar-refractivity contribution in [2.24, 2.45) is 0 Å². The molecule has 0 unspecified atom stereocenters. The molecule has 0 fully saturated rings. The zero-order valence-corrected chi connectivity index (χ0v) is 13.9. The minimum atomic E-state index is -0.198. The highest BCUT2D eigenvalue weighted by Gasteiger charge is 2.21. The largest absolute Gasteiger partial charge is 0.472 e. The summed E-state index contributed by atoms with van der Waals surface area (Å²) in [4.78, 5) is 27.5. The molecule has 1 aliphatic rings. The molecule has 3 heterocycles. The van der Waals surface area contributed by atoms with Crippen molar-refractivity contribution in [1.82, 2.24) is 24.9 Å². The third kappa shape index (κ3) is 3.42. The highest BCUT2D eigenvalue weighted by Crippen LogP contribution is 2.15. The number of furan rings is 1. The number of aromatic nitrogens is 2. The normalized spacial score (nSPS) is 14.0. The number of rotatable bonds is 3. The molecule has 0 spiro atoms. The van der Waals surface area contributed by atoms with Gasteiger partial charge in [0.15, 0.2) is 0 Å². The average Bonchev–Trinajstić information content (AvgIpc) is 3.18. The Bertz CT molecular complexity index is 720. The summed E-state index contributed by atoms with van der Waals surface area (Å²) in [6, 6.07) is 3.55. The Balaban J connectivity index is 1.65. The first-order chi connectivity index (χ1) is 11.5. The first kappa shape index (κ1) is 16.1. The minimum absolute atomic E-state index is 0.000499. The number of nitrogens with one attached hydrogen (secondary N) is 1. The Hall–Kier alpha value is -2.77. The van der Waals surface area contributed by atoms with E-state index in [1.54, 1.807) is 25.1 Å². The van der Waals surface area contributed by atoms with Gasteiger partial charge in [0.2, 0.25) is 0 Å². The van der Waals surface area contributed by atoms with Gasteiger partial charge in [-0.25, -0.2) is 4.79 Å². The van der Waals surface area contributed by atoms with E-state index in [0.717, 1.165) is 24.4 Å². The maximum atomic E-state index is 12.2. The monoisotopic (exact) mass is 331 g/mol. The molecule has 0 saturated heterocycles. The Morgan fingerprint density at radius 1 is 1.38 bits per heavy atom. The van der Waals surface area contributed by atoms with Crippen molar-refractivity contribution in [1.29, 1.82) is 0 Å². The van der Waals surface area contributed by atoms with Crippen LogP contribution in [0.3, 0.4) is 0 Å². The van der Waals surface area contributed by atoms with Crippen molar-refractivity contribution in [3.8, 4) is 0 Å². The van der Waals surface area contributed by atoms with Gasteiger partial charge >= 0.3 is 6.03 Å². The molecule has 0 radical (unpaired) electrons. The van der Waals surface area contributed by atoms with Crippen LogP contribution in [0.4, 0.5) is 4.79 Å². The molecule has 3 amide bonds. The lowest BCUT2D eigenvalue weighted by molar-refractivity contribution is 0.0949. The predicted molar refractivity (Wildman–Crippen MR) is 86.2 cm³/mol. The Morgan fingerprint density at radius 2 is 2.21 bits per heavy atom. The van der Waals surface area contributed by atoms with E-state index >= 15 is 0 Å². The van der Waals surface area contributed by atoms with Crippen LogP contribution in [0.15, 0.2) is 29.1 Å². The number of hydrogen-bond acceptors (Lipinski definition) is 4. The molecule has 0 bridgehead atoms. The second-order valence-electron chi connectivity index (χ2n) is 6.00. The van der Waals surface area contributed by atoms with Gasteiger partial charge in [-0.15, -0.1) is 0 Å². The van der Waals surface area contributed by atoms with Crippen LogP contribution in [-0.4, -0.2) is 52.2 Å². The van der Waals surface area contributed by atoms with Gasteiger partial charge in [0.25, 0.3) is 5.91 Å². The molecular formula is C16H21N5O3.